The molecule has 4 aromatic rings. The molecule has 0 N–H and O–H groups in total. The summed E-state index contributed by atoms with van der Waals surface area (Å²) in [6.45, 7) is 3.64. The van der Waals surface area contributed by atoms with E-state index in [1.807, 2.05) is 38.1 Å². The Bertz CT molecular complexity index is 1540. The molecule has 0 amide bonds. The Morgan fingerprint density at radius 3 is 0.975 bits per heavy atom. The molecule has 0 spiro atoms. The summed E-state index contributed by atoms with van der Waals surface area (Å²) in [5, 5.41) is 16.5. The van der Waals surface area contributed by atoms with Gasteiger partial charge in [0, 0.05) is 31.4 Å². The molecule has 4 aromatic carbocycles. The van der Waals surface area contributed by atoms with Gasteiger partial charge in [-0.25, -0.2) is 16.8 Å². The summed E-state index contributed by atoms with van der Waals surface area (Å²) in [6.07, 6.45) is 0. The van der Waals surface area contributed by atoms with Crippen molar-refractivity contribution in [3.63, 3.8) is 0 Å². The quantitative estimate of drug-likeness (QED) is 0.115. The summed E-state index contributed by atoms with van der Waals surface area (Å²) in [5.41, 5.74) is 3.04. The Hall–Kier alpha value is -3.00. The molecule has 0 aliphatic carbocycles. The molecule has 0 aliphatic rings. The molecule has 0 saturated heterocycles. The molecule has 4 rings (SSSR count). The van der Waals surface area contributed by atoms with Crippen molar-refractivity contribution in [2.45, 2.75) is 23.6 Å². The normalized spacial score (nSPS) is 10.1. The minimum absolute atomic E-state index is 0.178. The van der Waals surface area contributed by atoms with E-state index in [0.29, 0.717) is 11.4 Å². The van der Waals surface area contributed by atoms with Crippen LogP contribution in [0.2, 0.25) is 0 Å². The molecule has 0 saturated carbocycles. The Labute approximate surface area is 260 Å². The van der Waals surface area contributed by atoms with Crippen LogP contribution >= 0.6 is 45.2 Å². The first-order valence-electron chi connectivity index (χ1n) is 10.9. The van der Waals surface area contributed by atoms with Crippen molar-refractivity contribution in [3.05, 3.63) is 125 Å². The van der Waals surface area contributed by atoms with Crippen molar-refractivity contribution in [2.24, 2.45) is 0 Å². The van der Waals surface area contributed by atoms with Crippen molar-refractivity contribution in [3.8, 4) is 0 Å². The third-order valence-corrected chi connectivity index (χ3v) is 7.64. The van der Waals surface area contributed by atoms with Crippen molar-refractivity contribution >= 4 is 76.8 Å². The second-order valence-corrected chi connectivity index (χ2v) is 12.9. The Morgan fingerprint density at radius 2 is 0.775 bits per heavy atom. The van der Waals surface area contributed by atoms with Crippen LogP contribution in [-0.4, -0.2) is 25.9 Å². The zero-order chi connectivity index (χ0) is 30.3. The predicted octanol–water partition coefficient (Wildman–Crippen LogP) is 7.35. The summed E-state index contributed by atoms with van der Waals surface area (Å²) in [4.78, 5) is 5.66. The van der Waals surface area contributed by atoms with Crippen LogP contribution in [-0.2, 0) is 20.2 Å². The maximum Gasteiger partial charge on any atom is 0.385 e. The summed E-state index contributed by atoms with van der Waals surface area (Å²) in [7, 11) is -8.54. The van der Waals surface area contributed by atoms with Crippen LogP contribution in [0.15, 0.2) is 107 Å². The number of hydrogen-bond acceptors (Lipinski definition) is 8. The van der Waals surface area contributed by atoms with Gasteiger partial charge in [0.15, 0.2) is 9.95 Å². The molecule has 208 valence electrons. The lowest BCUT2D eigenvalue weighted by atomic mass is 10.2. The molecule has 0 aliphatic heterocycles. The van der Waals surface area contributed by atoms with Crippen molar-refractivity contribution < 1.29 is 25.9 Å². The van der Waals surface area contributed by atoms with E-state index in [1.165, 1.54) is 24.3 Å². The minimum atomic E-state index is -4.27. The third-order valence-electron chi connectivity index (χ3n) is 4.50. The predicted molar refractivity (Wildman–Crippen MR) is 166 cm³/mol. The zero-order valence-corrected chi connectivity index (χ0v) is 27.0. The van der Waals surface area contributed by atoms with E-state index in [0.717, 1.165) is 18.3 Å². The van der Waals surface area contributed by atoms with Crippen LogP contribution in [0.1, 0.15) is 11.1 Å². The topological polar surface area (TPSA) is 171 Å². The molecule has 0 aromatic heterocycles. The van der Waals surface area contributed by atoms with Crippen LogP contribution in [0.4, 0.5) is 11.4 Å². The van der Waals surface area contributed by atoms with Crippen molar-refractivity contribution in [1.82, 2.24) is 0 Å². The Morgan fingerprint density at radius 1 is 0.525 bits per heavy atom. The van der Waals surface area contributed by atoms with E-state index in [1.54, 1.807) is 48.5 Å². The fourth-order valence-corrected chi connectivity index (χ4v) is 4.08. The number of aryl methyl sites for hydroxylation is 2. The summed E-state index contributed by atoms with van der Waals surface area (Å²) in [5.74, 6) is 0. The highest BCUT2D eigenvalue weighted by Crippen LogP contribution is 2.14. The van der Waals surface area contributed by atoms with E-state index in [9.17, 15) is 25.9 Å². The monoisotopic (exact) mass is 804 g/mol. The zero-order valence-electron chi connectivity index (χ0n) is 21.0. The summed E-state index contributed by atoms with van der Waals surface area (Å²) >= 11 is 4.38. The van der Waals surface area contributed by atoms with Gasteiger partial charge in [-0.3, -0.25) is 0 Å². The molecule has 10 nitrogen and oxygen atoms in total. The van der Waals surface area contributed by atoms with Crippen molar-refractivity contribution in [2.75, 3.05) is 0 Å². The second-order valence-electron chi connectivity index (χ2n) is 7.69. The number of diazo groups is 2. The molecular weight excluding hydrogens is 782 g/mol. The van der Waals surface area contributed by atoms with Crippen molar-refractivity contribution in [1.29, 1.82) is 10.8 Å². The van der Waals surface area contributed by atoms with Crippen LogP contribution in [0.25, 0.3) is 9.95 Å². The molecule has 0 atom stereocenters. The van der Waals surface area contributed by atoms with Crippen LogP contribution in [0.3, 0.4) is 0 Å². The van der Waals surface area contributed by atoms with Gasteiger partial charge in [-0.2, -0.15) is 0 Å². The second kappa shape index (κ2) is 17.0. The van der Waals surface area contributed by atoms with Gasteiger partial charge in [0.25, 0.3) is 0 Å². The van der Waals surface area contributed by atoms with Gasteiger partial charge in [-0.1, -0.05) is 35.4 Å². The SMILES string of the molecule is Cc1ccc(S(=O)(=O)[O-])cc1.Cc1ccc(S(=O)(=O)[O-])cc1.N#[N+]c1ccc(I)cc1.N#[N+]c1ccc(I)cc1. The molecule has 14 heteroatoms. The highest BCUT2D eigenvalue weighted by atomic mass is 127. The number of nitrogens with zero attached hydrogens (tertiary/aromatic N) is 4. The van der Waals surface area contributed by atoms with Gasteiger partial charge in [-0.15, -0.1) is 0 Å². The molecule has 0 heterocycles. The lowest BCUT2D eigenvalue weighted by Crippen LogP contribution is -1.97. The molecule has 40 heavy (non-hydrogen) atoms. The first-order chi connectivity index (χ1) is 18.6. The highest BCUT2D eigenvalue weighted by molar-refractivity contribution is 14.1. The Kier molecular flexibility index (Phi) is 14.8. The van der Waals surface area contributed by atoms with Gasteiger partial charge in [0.1, 0.15) is 20.2 Å². The standard InChI is InChI=1S/2C7H8O3S.2C6H4IN2/c2*1-6-2-4-7(5-3-6)11(8,9)10;2*7-5-1-3-6(9-8)4-2-5/h2*2-5H,1H3,(H,8,9,10);2*1-4H/q;;2*+1/p-2. The first-order valence-corrected chi connectivity index (χ1v) is 15.9. The maximum atomic E-state index is 10.4. The molecule has 0 radical (unpaired) electrons. The molecule has 0 fully saturated rings. The largest absolute Gasteiger partial charge is 0.744 e. The van der Waals surface area contributed by atoms with Gasteiger partial charge < -0.3 is 9.11 Å². The van der Waals surface area contributed by atoms with Gasteiger partial charge in [-0.05, 0) is 108 Å². The maximum absolute atomic E-state index is 10.4. The first kappa shape index (κ1) is 35.0. The average molecular weight is 804 g/mol. The van der Waals surface area contributed by atoms with E-state index in [2.05, 4.69) is 55.1 Å². The van der Waals surface area contributed by atoms with Gasteiger partial charge in [0.2, 0.25) is 10.8 Å². The lowest BCUT2D eigenvalue weighted by molar-refractivity contribution is 0.461. The van der Waals surface area contributed by atoms with Crippen LogP contribution < -0.4 is 0 Å². The summed E-state index contributed by atoms with van der Waals surface area (Å²) < 4.78 is 64.6. The van der Waals surface area contributed by atoms with E-state index >= 15 is 0 Å². The summed E-state index contributed by atoms with van der Waals surface area (Å²) in [6, 6.07) is 26.1. The highest BCUT2D eigenvalue weighted by Gasteiger charge is 2.01. The molecule has 0 bridgehead atoms. The van der Waals surface area contributed by atoms with E-state index < -0.39 is 20.2 Å². The third kappa shape index (κ3) is 14.4. The number of hydrogen-bond donors (Lipinski definition) is 0. The fourth-order valence-electron chi connectivity index (χ4n) is 2.43. The van der Waals surface area contributed by atoms with E-state index in [4.69, 9.17) is 10.8 Å². The molecular formula is C26H22I2N4O6S2. The van der Waals surface area contributed by atoms with Gasteiger partial charge in [0.05, 0.1) is 9.79 Å². The minimum Gasteiger partial charge on any atom is -0.744 e. The smallest absolute Gasteiger partial charge is 0.385 e. The fraction of sp³-hybridized carbons (Fsp3) is 0.0769. The molecule has 0 unspecified atom stereocenters. The average Bonchev–Trinajstić information content (AvgIpc) is 2.90. The number of rotatable bonds is 2. The van der Waals surface area contributed by atoms with Gasteiger partial charge >= 0.3 is 11.4 Å². The van der Waals surface area contributed by atoms with E-state index in [-0.39, 0.29) is 9.79 Å². The Balaban J connectivity index is 0.000000268. The lowest BCUT2D eigenvalue weighted by Gasteiger charge is -2.05. The van der Waals surface area contributed by atoms with Crippen LogP contribution in [0, 0.1) is 31.8 Å². The number of halogens is 2. The number of benzene rings is 4. The van der Waals surface area contributed by atoms with Crippen LogP contribution in [0.5, 0.6) is 0 Å².